The van der Waals surface area contributed by atoms with Crippen molar-refractivity contribution in [2.75, 3.05) is 26.9 Å². The molecule has 0 saturated heterocycles. The van der Waals surface area contributed by atoms with E-state index in [4.69, 9.17) is 13.9 Å². The first-order chi connectivity index (χ1) is 10.5. The van der Waals surface area contributed by atoms with E-state index in [0.29, 0.717) is 25.3 Å². The van der Waals surface area contributed by atoms with Crippen LogP contribution in [0.1, 0.15) is 12.7 Å². The fourth-order valence-electron chi connectivity index (χ4n) is 2.03. The van der Waals surface area contributed by atoms with Gasteiger partial charge in [-0.05, 0) is 19.1 Å². The Morgan fingerprint density at radius 2 is 2.32 bits per heavy atom. The molecule has 120 valence electrons. The number of carbonyl (C=O) groups is 1. The van der Waals surface area contributed by atoms with E-state index in [1.807, 2.05) is 36.5 Å². The zero-order valence-corrected chi connectivity index (χ0v) is 13.0. The fourth-order valence-corrected chi connectivity index (χ4v) is 2.03. The van der Waals surface area contributed by atoms with Crippen LogP contribution in [0.25, 0.3) is 0 Å². The summed E-state index contributed by atoms with van der Waals surface area (Å²) in [5, 5.41) is 0. The molecule has 0 N–H and O–H groups in total. The van der Waals surface area contributed by atoms with E-state index in [9.17, 15) is 4.79 Å². The number of furan rings is 1. The van der Waals surface area contributed by atoms with Crippen molar-refractivity contribution < 1.29 is 18.7 Å². The number of hydrogen-bond acceptors (Lipinski definition) is 6. The van der Waals surface area contributed by atoms with Crippen LogP contribution in [-0.4, -0.2) is 48.7 Å². The van der Waals surface area contributed by atoms with Gasteiger partial charge in [-0.15, -0.1) is 0 Å². The van der Waals surface area contributed by atoms with Gasteiger partial charge in [-0.25, -0.2) is 4.79 Å². The van der Waals surface area contributed by atoms with Gasteiger partial charge in [0.2, 0.25) is 0 Å². The predicted molar refractivity (Wildman–Crippen MR) is 81.5 cm³/mol. The highest BCUT2D eigenvalue weighted by Gasteiger charge is 2.20. The molecule has 0 bridgehead atoms. The van der Waals surface area contributed by atoms with Gasteiger partial charge in [0.1, 0.15) is 18.5 Å². The second-order valence-corrected chi connectivity index (χ2v) is 5.37. The summed E-state index contributed by atoms with van der Waals surface area (Å²) in [7, 11) is 1.98. The fraction of sp³-hybridized carbons (Fsp3) is 0.438. The molecule has 1 aromatic heterocycles. The first-order valence-corrected chi connectivity index (χ1v) is 7.14. The molecule has 0 fully saturated rings. The van der Waals surface area contributed by atoms with Gasteiger partial charge in [0, 0.05) is 25.0 Å². The zero-order chi connectivity index (χ0) is 15.9. The van der Waals surface area contributed by atoms with E-state index in [-0.39, 0.29) is 6.10 Å². The molecular weight excluding hydrogens is 284 g/mol. The van der Waals surface area contributed by atoms with Crippen molar-refractivity contribution in [3.63, 3.8) is 0 Å². The highest BCUT2D eigenvalue weighted by molar-refractivity contribution is 5.87. The van der Waals surface area contributed by atoms with Crippen molar-refractivity contribution in [2.45, 2.75) is 19.6 Å². The van der Waals surface area contributed by atoms with Crippen LogP contribution < -0.4 is 0 Å². The van der Waals surface area contributed by atoms with E-state index in [1.54, 1.807) is 13.2 Å². The van der Waals surface area contributed by atoms with Gasteiger partial charge in [-0.2, -0.15) is 0 Å². The Morgan fingerprint density at radius 1 is 1.50 bits per heavy atom. The molecule has 1 unspecified atom stereocenters. The van der Waals surface area contributed by atoms with Gasteiger partial charge < -0.3 is 23.7 Å². The Balaban J connectivity index is 1.84. The topological polar surface area (TPSA) is 55.2 Å². The highest BCUT2D eigenvalue weighted by Crippen LogP contribution is 2.10. The largest absolute Gasteiger partial charge is 0.467 e. The minimum Gasteiger partial charge on any atom is -0.467 e. The number of rotatable bonds is 8. The van der Waals surface area contributed by atoms with E-state index in [1.165, 1.54) is 0 Å². The number of hydrogen-bond donors (Lipinski definition) is 0. The van der Waals surface area contributed by atoms with E-state index in [0.717, 1.165) is 12.4 Å². The van der Waals surface area contributed by atoms with Gasteiger partial charge in [0.25, 0.3) is 0 Å². The summed E-state index contributed by atoms with van der Waals surface area (Å²) < 4.78 is 16.2. The van der Waals surface area contributed by atoms with Crippen molar-refractivity contribution in [2.24, 2.45) is 0 Å². The molecule has 0 spiro atoms. The van der Waals surface area contributed by atoms with Gasteiger partial charge in [0.15, 0.2) is 0 Å². The lowest BCUT2D eigenvalue weighted by Gasteiger charge is -2.24. The molecule has 0 saturated carbocycles. The smallest absolute Gasteiger partial charge is 0.333 e. The molecule has 0 amide bonds. The summed E-state index contributed by atoms with van der Waals surface area (Å²) in [4.78, 5) is 15.8. The zero-order valence-electron chi connectivity index (χ0n) is 13.0. The van der Waals surface area contributed by atoms with E-state index < -0.39 is 5.97 Å². The molecule has 1 aliphatic rings. The minimum atomic E-state index is -0.400. The lowest BCUT2D eigenvalue weighted by Crippen LogP contribution is -2.36. The molecule has 6 heteroatoms. The van der Waals surface area contributed by atoms with Gasteiger partial charge in [-0.3, -0.25) is 0 Å². The van der Waals surface area contributed by atoms with Crippen LogP contribution in [0.4, 0.5) is 0 Å². The van der Waals surface area contributed by atoms with Crippen molar-refractivity contribution in [3.8, 4) is 0 Å². The summed E-state index contributed by atoms with van der Waals surface area (Å²) >= 11 is 0. The van der Waals surface area contributed by atoms with Gasteiger partial charge >= 0.3 is 5.97 Å². The maximum absolute atomic E-state index is 11.7. The van der Waals surface area contributed by atoms with Crippen LogP contribution in [0.5, 0.6) is 0 Å². The van der Waals surface area contributed by atoms with Crippen LogP contribution in [0.3, 0.4) is 0 Å². The number of ether oxygens (including phenoxy) is 2. The van der Waals surface area contributed by atoms with E-state index in [2.05, 4.69) is 11.5 Å². The normalized spacial score (nSPS) is 15.2. The highest BCUT2D eigenvalue weighted by atomic mass is 16.6. The van der Waals surface area contributed by atoms with Crippen LogP contribution in [-0.2, 0) is 20.9 Å². The summed E-state index contributed by atoms with van der Waals surface area (Å²) in [5.74, 6) is 0.342. The average Bonchev–Trinajstić information content (AvgIpc) is 3.10. The third kappa shape index (κ3) is 4.96. The van der Waals surface area contributed by atoms with Crippen molar-refractivity contribution in [1.29, 1.82) is 0 Å². The monoisotopic (exact) mass is 306 g/mol. The molecule has 1 aliphatic heterocycles. The first-order valence-electron chi connectivity index (χ1n) is 7.14. The average molecular weight is 306 g/mol. The summed E-state index contributed by atoms with van der Waals surface area (Å²) in [6, 6.07) is 3.65. The van der Waals surface area contributed by atoms with Gasteiger partial charge in [0.05, 0.1) is 26.1 Å². The SMILES string of the molecule is C=C(C)C(=O)OC(COCc1ccco1)CN1C=CN(C)C1. The van der Waals surface area contributed by atoms with Crippen LogP contribution >= 0.6 is 0 Å². The molecule has 2 heterocycles. The number of nitrogens with zero attached hydrogens (tertiary/aromatic N) is 2. The Morgan fingerprint density at radius 3 is 2.91 bits per heavy atom. The van der Waals surface area contributed by atoms with Crippen LogP contribution in [0.2, 0.25) is 0 Å². The van der Waals surface area contributed by atoms with E-state index >= 15 is 0 Å². The van der Waals surface area contributed by atoms with Gasteiger partial charge in [-0.1, -0.05) is 6.58 Å². The Hall–Kier alpha value is -2.21. The minimum absolute atomic E-state index is 0.299. The number of carbonyl (C=O) groups excluding carboxylic acids is 1. The standard InChI is InChI=1S/C16H22N2O4/c1-13(2)16(19)22-15(9-18-7-6-17(3)12-18)11-20-10-14-5-4-8-21-14/h4-8,15H,1,9-12H2,2-3H3. The Labute approximate surface area is 130 Å². The molecule has 1 atom stereocenters. The second kappa shape index (κ2) is 7.70. The lowest BCUT2D eigenvalue weighted by atomic mass is 10.3. The first kappa shape index (κ1) is 16.2. The quantitative estimate of drug-likeness (QED) is 0.540. The lowest BCUT2D eigenvalue weighted by molar-refractivity contribution is -0.148. The third-order valence-corrected chi connectivity index (χ3v) is 3.13. The second-order valence-electron chi connectivity index (χ2n) is 5.37. The van der Waals surface area contributed by atoms with Crippen molar-refractivity contribution >= 4 is 5.97 Å². The maximum Gasteiger partial charge on any atom is 0.333 e. The molecule has 0 aromatic carbocycles. The van der Waals surface area contributed by atoms with Crippen molar-refractivity contribution in [1.82, 2.24) is 9.80 Å². The summed E-state index contributed by atoms with van der Waals surface area (Å²) in [6.45, 7) is 7.22. The summed E-state index contributed by atoms with van der Waals surface area (Å²) in [6.07, 6.45) is 5.17. The molecular formula is C16H22N2O4. The Kier molecular flexibility index (Phi) is 5.66. The molecule has 0 aliphatic carbocycles. The summed E-state index contributed by atoms with van der Waals surface area (Å²) in [5.41, 5.74) is 0.380. The maximum atomic E-state index is 11.7. The van der Waals surface area contributed by atoms with Crippen LogP contribution in [0, 0.1) is 0 Å². The molecule has 2 rings (SSSR count). The predicted octanol–water partition coefficient (Wildman–Crippen LogP) is 1.96. The van der Waals surface area contributed by atoms with Crippen molar-refractivity contribution in [3.05, 3.63) is 48.7 Å². The molecule has 0 radical (unpaired) electrons. The third-order valence-electron chi connectivity index (χ3n) is 3.13. The molecule has 1 aromatic rings. The number of esters is 1. The molecule has 22 heavy (non-hydrogen) atoms. The Bertz CT molecular complexity index is 524. The van der Waals surface area contributed by atoms with Crippen LogP contribution in [0.15, 0.2) is 47.4 Å². The molecule has 6 nitrogen and oxygen atoms in total.